The number of hydrogen-bond acceptors (Lipinski definition) is 4. The maximum atomic E-state index is 10.3. The minimum absolute atomic E-state index is 0.338. The Hall–Kier alpha value is -0.770. The maximum Gasteiger partial charge on any atom is 0.207 e. The predicted molar refractivity (Wildman–Crippen MR) is 55.3 cm³/mol. The van der Waals surface area contributed by atoms with Crippen LogP contribution in [0, 0.1) is 0 Å². The predicted octanol–water partition coefficient (Wildman–Crippen LogP) is 2.37. The standard InChI is InChI=1S/C10H13NO2S/c12-5-4-8-7-11-10(13-8)9-3-1-2-6-14-9/h5,7,9H,1-4,6H2. The van der Waals surface area contributed by atoms with Crippen LogP contribution >= 0.6 is 11.8 Å². The molecule has 1 atom stereocenters. The molecule has 4 heteroatoms. The lowest BCUT2D eigenvalue weighted by Gasteiger charge is -2.17. The highest BCUT2D eigenvalue weighted by atomic mass is 32.2. The Morgan fingerprint density at radius 3 is 3.29 bits per heavy atom. The van der Waals surface area contributed by atoms with E-state index >= 15 is 0 Å². The zero-order valence-corrected chi connectivity index (χ0v) is 8.76. The van der Waals surface area contributed by atoms with Crippen LogP contribution in [0.3, 0.4) is 0 Å². The largest absolute Gasteiger partial charge is 0.444 e. The van der Waals surface area contributed by atoms with Crippen LogP contribution in [0.4, 0.5) is 0 Å². The van der Waals surface area contributed by atoms with Crippen molar-refractivity contribution in [2.24, 2.45) is 0 Å². The van der Waals surface area contributed by atoms with Gasteiger partial charge in [0.25, 0.3) is 0 Å². The van der Waals surface area contributed by atoms with Gasteiger partial charge in [-0.3, -0.25) is 0 Å². The summed E-state index contributed by atoms with van der Waals surface area (Å²) < 4.78 is 5.50. The summed E-state index contributed by atoms with van der Waals surface area (Å²) >= 11 is 1.90. The molecule has 0 N–H and O–H groups in total. The molecule has 1 aromatic heterocycles. The van der Waals surface area contributed by atoms with E-state index < -0.39 is 0 Å². The highest BCUT2D eigenvalue weighted by Gasteiger charge is 2.20. The fourth-order valence-electron chi connectivity index (χ4n) is 1.58. The van der Waals surface area contributed by atoms with Crippen molar-refractivity contribution in [2.45, 2.75) is 30.9 Å². The molecule has 0 aliphatic carbocycles. The van der Waals surface area contributed by atoms with Crippen LogP contribution in [0.2, 0.25) is 0 Å². The Balaban J connectivity index is 2.03. The van der Waals surface area contributed by atoms with Crippen molar-refractivity contribution >= 4 is 18.0 Å². The second-order valence-electron chi connectivity index (χ2n) is 3.39. The summed E-state index contributed by atoms with van der Waals surface area (Å²) in [7, 11) is 0. The van der Waals surface area contributed by atoms with Gasteiger partial charge in [-0.05, 0) is 18.6 Å². The smallest absolute Gasteiger partial charge is 0.207 e. The molecule has 0 aromatic carbocycles. The number of thioether (sulfide) groups is 1. The van der Waals surface area contributed by atoms with Gasteiger partial charge in [0.2, 0.25) is 5.89 Å². The van der Waals surface area contributed by atoms with Crippen LogP contribution in [-0.4, -0.2) is 17.0 Å². The SMILES string of the molecule is O=CCc1cnc(C2CCCCS2)o1. The third kappa shape index (κ3) is 2.18. The van der Waals surface area contributed by atoms with E-state index in [1.807, 2.05) is 11.8 Å². The quantitative estimate of drug-likeness (QED) is 0.720. The highest BCUT2D eigenvalue weighted by molar-refractivity contribution is 7.99. The molecule has 1 unspecified atom stereocenters. The van der Waals surface area contributed by atoms with E-state index in [2.05, 4.69) is 4.98 Å². The monoisotopic (exact) mass is 211 g/mol. The zero-order valence-electron chi connectivity index (χ0n) is 7.94. The molecule has 0 saturated carbocycles. The molecular weight excluding hydrogens is 198 g/mol. The van der Waals surface area contributed by atoms with Gasteiger partial charge in [-0.1, -0.05) is 6.42 Å². The second kappa shape index (κ2) is 4.64. The van der Waals surface area contributed by atoms with Crippen molar-refractivity contribution in [3.63, 3.8) is 0 Å². The van der Waals surface area contributed by atoms with Gasteiger partial charge >= 0.3 is 0 Å². The van der Waals surface area contributed by atoms with Crippen LogP contribution in [0.25, 0.3) is 0 Å². The van der Waals surface area contributed by atoms with Crippen molar-refractivity contribution in [1.29, 1.82) is 0 Å². The van der Waals surface area contributed by atoms with Crippen molar-refractivity contribution in [1.82, 2.24) is 4.98 Å². The molecule has 76 valence electrons. The molecule has 0 bridgehead atoms. The molecule has 0 spiro atoms. The minimum Gasteiger partial charge on any atom is -0.444 e. The van der Waals surface area contributed by atoms with Gasteiger partial charge in [-0.15, -0.1) is 11.8 Å². The Morgan fingerprint density at radius 1 is 1.64 bits per heavy atom. The van der Waals surface area contributed by atoms with Crippen molar-refractivity contribution in [3.05, 3.63) is 17.8 Å². The van der Waals surface area contributed by atoms with E-state index in [9.17, 15) is 4.79 Å². The molecule has 14 heavy (non-hydrogen) atoms. The number of rotatable bonds is 3. The molecule has 1 aromatic rings. The van der Waals surface area contributed by atoms with Crippen molar-refractivity contribution in [3.8, 4) is 0 Å². The first-order valence-corrected chi connectivity index (χ1v) is 5.95. The summed E-state index contributed by atoms with van der Waals surface area (Å²) in [6.07, 6.45) is 6.54. The fourth-order valence-corrected chi connectivity index (χ4v) is 2.82. The van der Waals surface area contributed by atoms with Crippen LogP contribution in [0.15, 0.2) is 10.6 Å². The number of aldehydes is 1. The lowest BCUT2D eigenvalue weighted by Crippen LogP contribution is -2.01. The molecule has 1 saturated heterocycles. The molecule has 2 heterocycles. The Morgan fingerprint density at radius 2 is 2.57 bits per heavy atom. The van der Waals surface area contributed by atoms with Crippen LogP contribution in [0.1, 0.15) is 36.2 Å². The molecule has 1 aliphatic heterocycles. The summed E-state index contributed by atoms with van der Waals surface area (Å²) in [4.78, 5) is 14.5. The first-order chi connectivity index (χ1) is 6.90. The van der Waals surface area contributed by atoms with Gasteiger partial charge in [0.05, 0.1) is 17.9 Å². The van der Waals surface area contributed by atoms with E-state index in [1.165, 1.54) is 18.6 Å². The van der Waals surface area contributed by atoms with Gasteiger partial charge in [-0.2, -0.15) is 0 Å². The van der Waals surface area contributed by atoms with Gasteiger partial charge in [0.15, 0.2) is 0 Å². The molecule has 2 rings (SSSR count). The third-order valence-electron chi connectivity index (χ3n) is 2.31. The average molecular weight is 211 g/mol. The number of oxazole rings is 1. The summed E-state index contributed by atoms with van der Waals surface area (Å²) in [6, 6.07) is 0. The Bertz CT molecular complexity index is 305. The van der Waals surface area contributed by atoms with E-state index in [0.29, 0.717) is 17.4 Å². The van der Waals surface area contributed by atoms with Crippen LogP contribution in [-0.2, 0) is 11.2 Å². The zero-order chi connectivity index (χ0) is 9.80. The van der Waals surface area contributed by atoms with Crippen LogP contribution in [0.5, 0.6) is 0 Å². The normalized spacial score (nSPS) is 22.1. The first-order valence-electron chi connectivity index (χ1n) is 4.90. The van der Waals surface area contributed by atoms with Crippen molar-refractivity contribution in [2.75, 3.05) is 5.75 Å². The van der Waals surface area contributed by atoms with E-state index in [1.54, 1.807) is 6.20 Å². The average Bonchev–Trinajstić information content (AvgIpc) is 2.68. The molecular formula is C10H13NO2S. The van der Waals surface area contributed by atoms with E-state index in [4.69, 9.17) is 4.42 Å². The molecule has 1 aliphatic rings. The summed E-state index contributed by atoms with van der Waals surface area (Å²) in [5.41, 5.74) is 0. The van der Waals surface area contributed by atoms with Gasteiger partial charge in [-0.25, -0.2) is 4.98 Å². The maximum absolute atomic E-state index is 10.3. The number of nitrogens with zero attached hydrogens (tertiary/aromatic N) is 1. The summed E-state index contributed by atoms with van der Waals surface area (Å²) in [5.74, 6) is 2.67. The number of carbonyl (C=O) groups is 1. The first kappa shape index (κ1) is 9.77. The Kier molecular flexibility index (Phi) is 3.24. The van der Waals surface area contributed by atoms with Gasteiger partial charge in [0, 0.05) is 0 Å². The molecule has 0 amide bonds. The van der Waals surface area contributed by atoms with Gasteiger partial charge < -0.3 is 9.21 Å². The van der Waals surface area contributed by atoms with Crippen LogP contribution < -0.4 is 0 Å². The van der Waals surface area contributed by atoms with E-state index in [0.717, 1.165) is 18.6 Å². The highest BCUT2D eigenvalue weighted by Crippen LogP contribution is 2.37. The lowest BCUT2D eigenvalue weighted by molar-refractivity contribution is -0.107. The summed E-state index contributed by atoms with van der Waals surface area (Å²) in [5, 5.41) is 0.407. The third-order valence-corrected chi connectivity index (χ3v) is 3.68. The minimum atomic E-state index is 0.338. The number of carbonyl (C=O) groups excluding carboxylic acids is 1. The van der Waals surface area contributed by atoms with Gasteiger partial charge in [0.1, 0.15) is 12.0 Å². The second-order valence-corrected chi connectivity index (χ2v) is 4.70. The molecule has 0 radical (unpaired) electrons. The van der Waals surface area contributed by atoms with E-state index in [-0.39, 0.29) is 0 Å². The molecule has 1 fully saturated rings. The number of hydrogen-bond donors (Lipinski definition) is 0. The molecule has 3 nitrogen and oxygen atoms in total. The van der Waals surface area contributed by atoms with Crippen molar-refractivity contribution < 1.29 is 9.21 Å². The topological polar surface area (TPSA) is 43.1 Å². The fraction of sp³-hybridized carbons (Fsp3) is 0.600. The summed E-state index contributed by atoms with van der Waals surface area (Å²) in [6.45, 7) is 0. The Labute approximate surface area is 87.3 Å². The number of aromatic nitrogens is 1. The lowest BCUT2D eigenvalue weighted by atomic mass is 10.2.